The lowest BCUT2D eigenvalue weighted by molar-refractivity contribution is 0.104. The summed E-state index contributed by atoms with van der Waals surface area (Å²) in [6.07, 6.45) is 4.24. The molecule has 3 rings (SSSR count). The van der Waals surface area contributed by atoms with E-state index in [0.717, 1.165) is 28.0 Å². The molecule has 0 N–H and O–H groups in total. The summed E-state index contributed by atoms with van der Waals surface area (Å²) in [4.78, 5) is 12.1. The van der Waals surface area contributed by atoms with E-state index in [1.165, 1.54) is 0 Å². The SMILES string of the molecule is O=C(/C=C/c1ccc2c(c1)OCCCO2)c1ccc(Br)cc1. The van der Waals surface area contributed by atoms with E-state index in [-0.39, 0.29) is 5.78 Å². The summed E-state index contributed by atoms with van der Waals surface area (Å²) in [5.74, 6) is 1.46. The summed E-state index contributed by atoms with van der Waals surface area (Å²) in [6, 6.07) is 13.0. The van der Waals surface area contributed by atoms with Crippen molar-refractivity contribution >= 4 is 27.8 Å². The molecule has 1 aliphatic heterocycles. The number of benzene rings is 2. The molecule has 0 radical (unpaired) electrons. The van der Waals surface area contributed by atoms with E-state index >= 15 is 0 Å². The zero-order valence-electron chi connectivity index (χ0n) is 11.9. The fourth-order valence-corrected chi connectivity index (χ4v) is 2.43. The Labute approximate surface area is 137 Å². The van der Waals surface area contributed by atoms with Crippen molar-refractivity contribution in [1.29, 1.82) is 0 Å². The highest BCUT2D eigenvalue weighted by atomic mass is 79.9. The minimum Gasteiger partial charge on any atom is -0.490 e. The van der Waals surface area contributed by atoms with Gasteiger partial charge in [0, 0.05) is 16.5 Å². The van der Waals surface area contributed by atoms with Crippen LogP contribution in [0.1, 0.15) is 22.3 Å². The molecular formula is C18H15BrO3. The predicted molar refractivity (Wildman–Crippen MR) is 89.6 cm³/mol. The average molecular weight is 359 g/mol. The Morgan fingerprint density at radius 3 is 2.50 bits per heavy atom. The van der Waals surface area contributed by atoms with Crippen LogP contribution in [0.15, 0.2) is 53.0 Å². The summed E-state index contributed by atoms with van der Waals surface area (Å²) in [7, 11) is 0. The van der Waals surface area contributed by atoms with Crippen molar-refractivity contribution in [2.24, 2.45) is 0 Å². The Hall–Kier alpha value is -2.07. The largest absolute Gasteiger partial charge is 0.490 e. The van der Waals surface area contributed by atoms with Gasteiger partial charge in [-0.3, -0.25) is 4.79 Å². The molecule has 0 spiro atoms. The molecule has 112 valence electrons. The van der Waals surface area contributed by atoms with Crippen LogP contribution < -0.4 is 9.47 Å². The van der Waals surface area contributed by atoms with Gasteiger partial charge >= 0.3 is 0 Å². The third kappa shape index (κ3) is 3.57. The van der Waals surface area contributed by atoms with E-state index in [1.54, 1.807) is 24.3 Å². The van der Waals surface area contributed by atoms with Crippen molar-refractivity contribution in [2.75, 3.05) is 13.2 Å². The molecule has 0 fully saturated rings. The maximum atomic E-state index is 12.1. The molecule has 0 aromatic heterocycles. The lowest BCUT2D eigenvalue weighted by Crippen LogP contribution is -1.97. The quantitative estimate of drug-likeness (QED) is 0.598. The highest BCUT2D eigenvalue weighted by Crippen LogP contribution is 2.30. The highest BCUT2D eigenvalue weighted by molar-refractivity contribution is 9.10. The molecule has 0 saturated heterocycles. The lowest BCUT2D eigenvalue weighted by Gasteiger charge is -2.07. The van der Waals surface area contributed by atoms with E-state index in [2.05, 4.69) is 15.9 Å². The molecule has 0 unspecified atom stereocenters. The Morgan fingerprint density at radius 2 is 1.73 bits per heavy atom. The van der Waals surface area contributed by atoms with Crippen LogP contribution in [0.3, 0.4) is 0 Å². The number of ketones is 1. The molecule has 2 aromatic carbocycles. The standard InChI is InChI=1S/C18H15BrO3/c19-15-6-4-14(5-7-15)16(20)8-2-13-3-9-17-18(12-13)22-11-1-10-21-17/h2-9,12H,1,10-11H2/b8-2+. The molecule has 4 heteroatoms. The van der Waals surface area contributed by atoms with Crippen molar-refractivity contribution in [1.82, 2.24) is 0 Å². The van der Waals surface area contributed by atoms with Crippen LogP contribution in [0.2, 0.25) is 0 Å². The number of carbonyl (C=O) groups is 1. The number of hydrogen-bond acceptors (Lipinski definition) is 3. The highest BCUT2D eigenvalue weighted by Gasteiger charge is 2.10. The first kappa shape index (κ1) is 14.9. The molecule has 1 heterocycles. The Balaban J connectivity index is 1.76. The topological polar surface area (TPSA) is 35.5 Å². The third-order valence-electron chi connectivity index (χ3n) is 3.33. The molecule has 3 nitrogen and oxygen atoms in total. The smallest absolute Gasteiger partial charge is 0.185 e. The van der Waals surface area contributed by atoms with E-state index in [9.17, 15) is 4.79 Å². The minimum atomic E-state index is -0.0281. The molecule has 0 saturated carbocycles. The normalized spacial score (nSPS) is 13.9. The van der Waals surface area contributed by atoms with Gasteiger partial charge in [-0.1, -0.05) is 28.1 Å². The fourth-order valence-electron chi connectivity index (χ4n) is 2.17. The molecule has 22 heavy (non-hydrogen) atoms. The van der Waals surface area contributed by atoms with Crippen molar-refractivity contribution < 1.29 is 14.3 Å². The third-order valence-corrected chi connectivity index (χ3v) is 3.86. The van der Waals surface area contributed by atoms with Gasteiger partial charge in [0.25, 0.3) is 0 Å². The summed E-state index contributed by atoms with van der Waals surface area (Å²) < 4.78 is 12.2. The summed E-state index contributed by atoms with van der Waals surface area (Å²) in [6.45, 7) is 1.32. The molecule has 0 amide bonds. The van der Waals surface area contributed by atoms with Gasteiger partial charge in [-0.15, -0.1) is 0 Å². The van der Waals surface area contributed by atoms with Gasteiger partial charge < -0.3 is 9.47 Å². The molecular weight excluding hydrogens is 344 g/mol. The molecule has 2 aromatic rings. The molecule has 0 bridgehead atoms. The van der Waals surface area contributed by atoms with Gasteiger partial charge in [0.05, 0.1) is 13.2 Å². The Kier molecular flexibility index (Phi) is 4.59. The maximum absolute atomic E-state index is 12.1. The van der Waals surface area contributed by atoms with E-state index in [1.807, 2.05) is 30.3 Å². The number of allylic oxidation sites excluding steroid dienone is 1. The first-order valence-corrected chi connectivity index (χ1v) is 7.89. The van der Waals surface area contributed by atoms with Crippen molar-refractivity contribution in [3.05, 3.63) is 64.1 Å². The van der Waals surface area contributed by atoms with E-state index < -0.39 is 0 Å². The summed E-state index contributed by atoms with van der Waals surface area (Å²) in [5, 5.41) is 0. The first-order valence-electron chi connectivity index (χ1n) is 7.10. The van der Waals surface area contributed by atoms with Gasteiger partial charge in [-0.25, -0.2) is 0 Å². The molecule has 1 aliphatic rings. The van der Waals surface area contributed by atoms with Crippen molar-refractivity contribution in [3.63, 3.8) is 0 Å². The van der Waals surface area contributed by atoms with Gasteiger partial charge in [-0.05, 0) is 48.0 Å². The maximum Gasteiger partial charge on any atom is 0.185 e. The first-order chi connectivity index (χ1) is 10.7. The number of rotatable bonds is 3. The second kappa shape index (κ2) is 6.79. The summed E-state index contributed by atoms with van der Waals surface area (Å²) >= 11 is 3.36. The number of fused-ring (bicyclic) bond motifs is 1. The van der Waals surface area contributed by atoms with Gasteiger partial charge in [0.2, 0.25) is 0 Å². The van der Waals surface area contributed by atoms with Crippen LogP contribution >= 0.6 is 15.9 Å². The average Bonchev–Trinajstić information content (AvgIpc) is 2.78. The zero-order valence-corrected chi connectivity index (χ0v) is 13.5. The molecule has 0 atom stereocenters. The van der Waals surface area contributed by atoms with Gasteiger partial charge in [-0.2, -0.15) is 0 Å². The predicted octanol–water partition coefficient (Wildman–Crippen LogP) is 4.51. The second-order valence-electron chi connectivity index (χ2n) is 4.96. The van der Waals surface area contributed by atoms with E-state index in [0.29, 0.717) is 18.8 Å². The second-order valence-corrected chi connectivity index (χ2v) is 5.88. The van der Waals surface area contributed by atoms with Crippen LogP contribution in [-0.4, -0.2) is 19.0 Å². The van der Waals surface area contributed by atoms with E-state index in [4.69, 9.17) is 9.47 Å². The minimum absolute atomic E-state index is 0.0281. The van der Waals surface area contributed by atoms with Crippen molar-refractivity contribution in [3.8, 4) is 11.5 Å². The van der Waals surface area contributed by atoms with Gasteiger partial charge in [0.1, 0.15) is 0 Å². The summed E-state index contributed by atoms with van der Waals surface area (Å²) in [5.41, 5.74) is 1.57. The van der Waals surface area contributed by atoms with Crippen LogP contribution in [0.25, 0.3) is 6.08 Å². The number of halogens is 1. The zero-order chi connectivity index (χ0) is 15.4. The monoisotopic (exact) mass is 358 g/mol. The van der Waals surface area contributed by atoms with Crippen LogP contribution in [-0.2, 0) is 0 Å². The number of hydrogen-bond donors (Lipinski definition) is 0. The lowest BCUT2D eigenvalue weighted by atomic mass is 10.1. The number of carbonyl (C=O) groups excluding carboxylic acids is 1. The van der Waals surface area contributed by atoms with Crippen molar-refractivity contribution in [2.45, 2.75) is 6.42 Å². The Morgan fingerprint density at radius 1 is 1.00 bits per heavy atom. The van der Waals surface area contributed by atoms with Crippen LogP contribution in [0.4, 0.5) is 0 Å². The Bertz CT molecular complexity index is 705. The molecule has 0 aliphatic carbocycles. The van der Waals surface area contributed by atoms with Crippen LogP contribution in [0, 0.1) is 0 Å². The van der Waals surface area contributed by atoms with Gasteiger partial charge in [0.15, 0.2) is 17.3 Å². The fraction of sp³-hybridized carbons (Fsp3) is 0.167. The number of ether oxygens (including phenoxy) is 2. The van der Waals surface area contributed by atoms with Crippen LogP contribution in [0.5, 0.6) is 11.5 Å².